The van der Waals surface area contributed by atoms with Crippen molar-refractivity contribution in [1.29, 1.82) is 0 Å². The molecule has 1 aliphatic rings. The number of rotatable bonds is 1. The number of benzene rings is 1. The van der Waals surface area contributed by atoms with E-state index in [-0.39, 0.29) is 24.6 Å². The number of aliphatic hydroxyl groups is 1. The molecule has 1 saturated heterocycles. The molecule has 3 rings (SSSR count). The van der Waals surface area contributed by atoms with Crippen molar-refractivity contribution >= 4 is 32.8 Å². The molecule has 1 aliphatic heterocycles. The van der Waals surface area contributed by atoms with E-state index in [1.165, 1.54) is 4.90 Å². The van der Waals surface area contributed by atoms with Crippen LogP contribution in [0.2, 0.25) is 0 Å². The molecular weight excluding hydrogens is 326 g/mol. The number of nitrogens with zero attached hydrogens (tertiary/aromatic N) is 1. The van der Waals surface area contributed by atoms with Crippen molar-refractivity contribution in [2.24, 2.45) is 0 Å². The second kappa shape index (κ2) is 4.71. The number of amides is 1. The Morgan fingerprint density at radius 2 is 2.15 bits per heavy atom. The van der Waals surface area contributed by atoms with Crippen LogP contribution < -0.4 is 5.63 Å². The first-order valence-electron chi connectivity index (χ1n) is 6.17. The second-order valence-electron chi connectivity index (χ2n) is 4.89. The van der Waals surface area contributed by atoms with Crippen molar-refractivity contribution in [3.8, 4) is 0 Å². The summed E-state index contributed by atoms with van der Waals surface area (Å²) in [6.07, 6.45) is -0.499. The number of carbonyl (C=O) groups is 1. The van der Waals surface area contributed by atoms with Crippen LogP contribution in [-0.2, 0) is 0 Å². The summed E-state index contributed by atoms with van der Waals surface area (Å²) in [5.41, 5.74) is 0.464. The average Bonchev–Trinajstić information content (AvgIpc) is 2.36. The molecule has 0 aliphatic carbocycles. The maximum atomic E-state index is 12.3. The Morgan fingerprint density at radius 3 is 2.80 bits per heavy atom. The topological polar surface area (TPSA) is 70.8 Å². The summed E-state index contributed by atoms with van der Waals surface area (Å²) < 4.78 is 6.06. The first-order valence-corrected chi connectivity index (χ1v) is 6.97. The lowest BCUT2D eigenvalue weighted by Crippen LogP contribution is -2.54. The fraction of sp³-hybridized carbons (Fsp3) is 0.286. The minimum atomic E-state index is -0.635. The van der Waals surface area contributed by atoms with Gasteiger partial charge in [-0.3, -0.25) is 4.79 Å². The van der Waals surface area contributed by atoms with Crippen LogP contribution >= 0.6 is 15.9 Å². The number of hydrogen-bond acceptors (Lipinski definition) is 4. The summed E-state index contributed by atoms with van der Waals surface area (Å²) in [4.78, 5) is 25.7. The van der Waals surface area contributed by atoms with Crippen LogP contribution in [0.4, 0.5) is 0 Å². The molecule has 2 aromatic rings. The summed E-state index contributed by atoms with van der Waals surface area (Å²) in [6, 6.07) is 5.28. The van der Waals surface area contributed by atoms with Gasteiger partial charge in [0.1, 0.15) is 11.1 Å². The van der Waals surface area contributed by atoms with Crippen molar-refractivity contribution in [1.82, 2.24) is 4.90 Å². The van der Waals surface area contributed by atoms with E-state index < -0.39 is 11.7 Å². The second-order valence-corrected chi connectivity index (χ2v) is 5.81. The maximum Gasteiger partial charge on any atom is 0.349 e. The van der Waals surface area contributed by atoms with Crippen LogP contribution in [0.15, 0.2) is 31.9 Å². The third kappa shape index (κ3) is 2.05. The largest absolute Gasteiger partial charge is 0.422 e. The van der Waals surface area contributed by atoms with Crippen molar-refractivity contribution < 1.29 is 14.3 Å². The summed E-state index contributed by atoms with van der Waals surface area (Å²) in [5.74, 6) is -0.386. The van der Waals surface area contributed by atoms with Crippen LogP contribution in [0.3, 0.4) is 0 Å². The highest BCUT2D eigenvalue weighted by Gasteiger charge is 2.32. The molecule has 104 valence electrons. The number of aryl methyl sites for hydroxylation is 1. The van der Waals surface area contributed by atoms with Gasteiger partial charge < -0.3 is 14.4 Å². The van der Waals surface area contributed by atoms with Crippen LogP contribution in [0, 0.1) is 6.92 Å². The molecule has 1 aromatic heterocycles. The summed E-state index contributed by atoms with van der Waals surface area (Å²) in [5, 5.41) is 9.98. The molecule has 1 N–H and O–H groups in total. The minimum Gasteiger partial charge on any atom is -0.422 e. The van der Waals surface area contributed by atoms with Crippen molar-refractivity contribution in [2.75, 3.05) is 13.1 Å². The van der Waals surface area contributed by atoms with E-state index >= 15 is 0 Å². The van der Waals surface area contributed by atoms with Crippen LogP contribution in [0.25, 0.3) is 11.0 Å². The Labute approximate surface area is 122 Å². The average molecular weight is 338 g/mol. The molecule has 1 aromatic carbocycles. The number of fused-ring (bicyclic) bond motifs is 1. The molecule has 2 heterocycles. The highest BCUT2D eigenvalue weighted by atomic mass is 79.9. The summed E-state index contributed by atoms with van der Waals surface area (Å²) >= 11 is 3.36. The van der Waals surface area contributed by atoms with Crippen LogP contribution in [0.1, 0.15) is 15.9 Å². The maximum absolute atomic E-state index is 12.3. The Bertz CT molecular complexity index is 762. The predicted molar refractivity (Wildman–Crippen MR) is 76.8 cm³/mol. The third-order valence-corrected chi connectivity index (χ3v) is 3.98. The number of hydrogen-bond donors (Lipinski definition) is 1. The number of aliphatic hydroxyl groups excluding tert-OH is 1. The molecule has 1 amide bonds. The van der Waals surface area contributed by atoms with Gasteiger partial charge in [0.15, 0.2) is 0 Å². The minimum absolute atomic E-state index is 0.0440. The molecule has 0 spiro atoms. The van der Waals surface area contributed by atoms with Crippen LogP contribution in [0.5, 0.6) is 0 Å². The normalized spacial score (nSPS) is 15.4. The van der Waals surface area contributed by atoms with E-state index in [0.717, 1.165) is 9.86 Å². The standard InChI is InChI=1S/C14H12BrNO4/c1-7-10-4-8(15)2-3-11(10)20-14(19)12(7)13(18)16-5-9(17)6-16/h2-4,9,17H,5-6H2,1H3. The molecular formula is C14H12BrNO4. The number of β-amino-alcohol motifs (C(OH)–C–C–N with tert-alkyl or cyclic N) is 1. The molecule has 6 heteroatoms. The van der Waals surface area contributed by atoms with E-state index in [4.69, 9.17) is 4.42 Å². The van der Waals surface area contributed by atoms with Gasteiger partial charge in [-0.2, -0.15) is 0 Å². The van der Waals surface area contributed by atoms with Gasteiger partial charge in [0.05, 0.1) is 6.10 Å². The molecule has 20 heavy (non-hydrogen) atoms. The fourth-order valence-electron chi connectivity index (χ4n) is 2.35. The smallest absolute Gasteiger partial charge is 0.349 e. The molecule has 1 fully saturated rings. The SMILES string of the molecule is Cc1c(C(=O)N2CC(O)C2)c(=O)oc2ccc(Br)cc12. The van der Waals surface area contributed by atoms with Gasteiger partial charge in [-0.25, -0.2) is 4.79 Å². The monoisotopic (exact) mass is 337 g/mol. The zero-order chi connectivity index (χ0) is 14.4. The first kappa shape index (κ1) is 13.3. The van der Waals surface area contributed by atoms with Crippen molar-refractivity contribution in [3.05, 3.63) is 44.2 Å². The Kier molecular flexibility index (Phi) is 3.14. The third-order valence-electron chi connectivity index (χ3n) is 3.49. The zero-order valence-electron chi connectivity index (χ0n) is 10.7. The van der Waals surface area contributed by atoms with Gasteiger partial charge in [-0.15, -0.1) is 0 Å². The highest BCUT2D eigenvalue weighted by Crippen LogP contribution is 2.24. The van der Waals surface area contributed by atoms with Gasteiger partial charge in [-0.1, -0.05) is 15.9 Å². The quantitative estimate of drug-likeness (QED) is 0.803. The fourth-order valence-corrected chi connectivity index (χ4v) is 2.71. The van der Waals surface area contributed by atoms with E-state index in [2.05, 4.69) is 15.9 Å². The summed E-state index contributed by atoms with van der Waals surface area (Å²) in [6.45, 7) is 2.25. The van der Waals surface area contributed by atoms with E-state index in [0.29, 0.717) is 11.1 Å². The van der Waals surface area contributed by atoms with Gasteiger partial charge in [0.2, 0.25) is 0 Å². The molecule has 5 nitrogen and oxygen atoms in total. The number of carbonyl (C=O) groups excluding carboxylic acids is 1. The number of likely N-dealkylation sites (tertiary alicyclic amines) is 1. The van der Waals surface area contributed by atoms with E-state index in [9.17, 15) is 14.7 Å². The lowest BCUT2D eigenvalue weighted by molar-refractivity contribution is 0.00558. The lowest BCUT2D eigenvalue weighted by atomic mass is 10.0. The molecule has 0 atom stereocenters. The predicted octanol–water partition coefficient (Wildman–Crippen LogP) is 1.68. The van der Waals surface area contributed by atoms with Crippen LogP contribution in [-0.4, -0.2) is 35.1 Å². The highest BCUT2D eigenvalue weighted by molar-refractivity contribution is 9.10. The van der Waals surface area contributed by atoms with Gasteiger partial charge >= 0.3 is 5.63 Å². The Morgan fingerprint density at radius 1 is 1.45 bits per heavy atom. The summed E-state index contributed by atoms with van der Waals surface area (Å²) in [7, 11) is 0. The van der Waals surface area contributed by atoms with Crippen molar-refractivity contribution in [2.45, 2.75) is 13.0 Å². The van der Waals surface area contributed by atoms with Crippen molar-refractivity contribution in [3.63, 3.8) is 0 Å². The first-order chi connectivity index (χ1) is 9.47. The number of halogens is 1. The van der Waals surface area contributed by atoms with Gasteiger partial charge in [-0.05, 0) is 30.7 Å². The molecule has 0 radical (unpaired) electrons. The molecule has 0 unspecified atom stereocenters. The van der Waals surface area contributed by atoms with E-state index in [1.54, 1.807) is 19.1 Å². The Balaban J connectivity index is 2.15. The zero-order valence-corrected chi connectivity index (χ0v) is 12.3. The molecule has 0 saturated carbocycles. The molecule has 0 bridgehead atoms. The lowest BCUT2D eigenvalue weighted by Gasteiger charge is -2.35. The van der Waals surface area contributed by atoms with Gasteiger partial charge in [0.25, 0.3) is 5.91 Å². The van der Waals surface area contributed by atoms with E-state index in [1.807, 2.05) is 6.07 Å². The Hall–Kier alpha value is -1.66. The van der Waals surface area contributed by atoms with Gasteiger partial charge in [0, 0.05) is 22.9 Å².